The molecule has 106 valence electrons. The molecule has 8 nitrogen and oxygen atoms in total. The maximum atomic E-state index is 12.1. The number of carbonyl (C=O) groups excluding carboxylic acids is 1. The number of amides is 1. The van der Waals surface area contributed by atoms with E-state index in [-0.39, 0.29) is 5.91 Å². The summed E-state index contributed by atoms with van der Waals surface area (Å²) in [5, 5.41) is 15.4. The molecule has 0 fully saturated rings. The molecule has 2 heterocycles. The minimum atomic E-state index is -0.326. The van der Waals surface area contributed by atoms with Crippen LogP contribution >= 0.6 is 0 Å². The first-order valence-corrected chi connectivity index (χ1v) is 6.25. The van der Waals surface area contributed by atoms with Crippen LogP contribution in [0.4, 0.5) is 5.82 Å². The Kier molecular flexibility index (Phi) is 3.53. The van der Waals surface area contributed by atoms with E-state index >= 15 is 0 Å². The summed E-state index contributed by atoms with van der Waals surface area (Å²) in [6.45, 7) is 0. The first-order chi connectivity index (χ1) is 10.8. The molecular weight excluding hydrogens is 282 g/mol. The van der Waals surface area contributed by atoms with Crippen LogP contribution in [-0.4, -0.2) is 30.6 Å². The van der Waals surface area contributed by atoms with Crippen LogP contribution < -0.4 is 5.32 Å². The Hall–Kier alpha value is -3.60. The Bertz CT molecular complexity index is 834. The van der Waals surface area contributed by atoms with Gasteiger partial charge in [0, 0.05) is 11.6 Å². The van der Waals surface area contributed by atoms with Crippen LogP contribution in [0.1, 0.15) is 15.9 Å². The quantitative estimate of drug-likeness (QED) is 0.776. The van der Waals surface area contributed by atoms with E-state index in [4.69, 9.17) is 5.26 Å². The number of carbonyl (C=O) groups is 1. The Morgan fingerprint density at radius 2 is 2.00 bits per heavy atom. The van der Waals surface area contributed by atoms with Crippen molar-refractivity contribution in [3.05, 3.63) is 60.4 Å². The van der Waals surface area contributed by atoms with Gasteiger partial charge >= 0.3 is 0 Å². The topological polar surface area (TPSA) is 109 Å². The van der Waals surface area contributed by atoms with E-state index in [9.17, 15) is 4.79 Å². The summed E-state index contributed by atoms with van der Waals surface area (Å²) in [5.74, 6) is 0.505. The predicted octanol–water partition coefficient (Wildman–Crippen LogP) is 1.18. The number of benzene rings is 1. The fourth-order valence-corrected chi connectivity index (χ4v) is 1.75. The maximum Gasteiger partial charge on any atom is 0.256 e. The Balaban J connectivity index is 1.79. The number of nitrogens with zero attached hydrogens (tertiary/aromatic N) is 6. The zero-order valence-corrected chi connectivity index (χ0v) is 11.2. The van der Waals surface area contributed by atoms with Gasteiger partial charge in [-0.05, 0) is 24.3 Å². The molecule has 0 radical (unpaired) electrons. The maximum absolute atomic E-state index is 12.1. The molecule has 0 aliphatic heterocycles. The number of nitrogens with one attached hydrogen (secondary N) is 1. The summed E-state index contributed by atoms with van der Waals surface area (Å²) >= 11 is 0. The standard InChI is InChI=1S/C14H9N7O/c15-6-10-1-3-11(4-2-10)14(22)20-12-5-13(18-8-17-12)21-9-16-7-19-21/h1-5,7-9H,(H,17,18,20,22). The van der Waals surface area contributed by atoms with Crippen molar-refractivity contribution in [2.75, 3.05) is 5.32 Å². The summed E-state index contributed by atoms with van der Waals surface area (Å²) in [6.07, 6.45) is 4.21. The van der Waals surface area contributed by atoms with Crippen LogP contribution in [-0.2, 0) is 0 Å². The molecule has 2 aromatic heterocycles. The fourth-order valence-electron chi connectivity index (χ4n) is 1.75. The first kappa shape index (κ1) is 13.4. The highest BCUT2D eigenvalue weighted by Crippen LogP contribution is 2.10. The molecular formula is C14H9N7O. The van der Waals surface area contributed by atoms with E-state index in [1.54, 1.807) is 30.3 Å². The molecule has 3 aromatic rings. The van der Waals surface area contributed by atoms with Gasteiger partial charge in [-0.25, -0.2) is 19.6 Å². The van der Waals surface area contributed by atoms with E-state index in [1.807, 2.05) is 6.07 Å². The number of aromatic nitrogens is 5. The minimum absolute atomic E-state index is 0.326. The largest absolute Gasteiger partial charge is 0.306 e. The summed E-state index contributed by atoms with van der Waals surface area (Å²) < 4.78 is 1.46. The van der Waals surface area contributed by atoms with Gasteiger partial charge in [-0.3, -0.25) is 4.79 Å². The van der Waals surface area contributed by atoms with Crippen LogP contribution in [0, 0.1) is 11.3 Å². The van der Waals surface area contributed by atoms with Crippen LogP contribution in [0.3, 0.4) is 0 Å². The highest BCUT2D eigenvalue weighted by atomic mass is 16.1. The number of nitriles is 1. The van der Waals surface area contributed by atoms with Crippen molar-refractivity contribution in [1.29, 1.82) is 5.26 Å². The van der Waals surface area contributed by atoms with Crippen LogP contribution in [0.25, 0.3) is 5.82 Å². The van der Waals surface area contributed by atoms with Crippen molar-refractivity contribution in [3.8, 4) is 11.9 Å². The van der Waals surface area contributed by atoms with Crippen molar-refractivity contribution in [2.45, 2.75) is 0 Å². The Labute approximate surface area is 125 Å². The van der Waals surface area contributed by atoms with Crippen molar-refractivity contribution >= 4 is 11.7 Å². The summed E-state index contributed by atoms with van der Waals surface area (Å²) in [5.41, 5.74) is 0.923. The average Bonchev–Trinajstić information content (AvgIpc) is 3.10. The molecule has 8 heteroatoms. The fraction of sp³-hybridized carbons (Fsp3) is 0. The predicted molar refractivity (Wildman–Crippen MR) is 76.1 cm³/mol. The van der Waals surface area contributed by atoms with Gasteiger partial charge in [0.05, 0.1) is 11.6 Å². The molecule has 1 N–H and O–H groups in total. The van der Waals surface area contributed by atoms with Gasteiger partial charge in [0.1, 0.15) is 24.8 Å². The van der Waals surface area contributed by atoms with Crippen molar-refractivity contribution in [2.24, 2.45) is 0 Å². The van der Waals surface area contributed by atoms with Gasteiger partial charge in [0.25, 0.3) is 5.91 Å². The van der Waals surface area contributed by atoms with Gasteiger partial charge in [0.2, 0.25) is 0 Å². The number of hydrogen-bond acceptors (Lipinski definition) is 6. The molecule has 0 saturated carbocycles. The van der Waals surface area contributed by atoms with Gasteiger partial charge in [0.15, 0.2) is 5.82 Å². The van der Waals surface area contributed by atoms with Gasteiger partial charge < -0.3 is 5.32 Å². The van der Waals surface area contributed by atoms with Crippen molar-refractivity contribution < 1.29 is 4.79 Å². The minimum Gasteiger partial charge on any atom is -0.306 e. The smallest absolute Gasteiger partial charge is 0.256 e. The summed E-state index contributed by atoms with van der Waals surface area (Å²) in [4.78, 5) is 24.0. The van der Waals surface area contributed by atoms with Gasteiger partial charge in [-0.15, -0.1) is 0 Å². The van der Waals surface area contributed by atoms with Gasteiger partial charge in [-0.1, -0.05) is 0 Å². The third kappa shape index (κ3) is 2.78. The Morgan fingerprint density at radius 3 is 2.68 bits per heavy atom. The SMILES string of the molecule is N#Cc1ccc(C(=O)Nc2cc(-n3cncn3)ncn2)cc1. The van der Waals surface area contributed by atoms with Crippen LogP contribution in [0.15, 0.2) is 49.3 Å². The third-order valence-corrected chi connectivity index (χ3v) is 2.82. The molecule has 22 heavy (non-hydrogen) atoms. The van der Waals surface area contributed by atoms with E-state index < -0.39 is 0 Å². The van der Waals surface area contributed by atoms with E-state index in [2.05, 4.69) is 25.4 Å². The van der Waals surface area contributed by atoms with Gasteiger partial charge in [-0.2, -0.15) is 10.4 Å². The molecule has 1 amide bonds. The second kappa shape index (κ2) is 5.80. The monoisotopic (exact) mass is 291 g/mol. The average molecular weight is 291 g/mol. The lowest BCUT2D eigenvalue weighted by molar-refractivity contribution is 0.102. The summed E-state index contributed by atoms with van der Waals surface area (Å²) in [7, 11) is 0. The number of hydrogen-bond donors (Lipinski definition) is 1. The van der Waals surface area contributed by atoms with E-state index in [1.165, 1.54) is 23.7 Å². The summed E-state index contributed by atoms with van der Waals surface area (Å²) in [6, 6.07) is 9.89. The van der Waals surface area contributed by atoms with Crippen molar-refractivity contribution in [1.82, 2.24) is 24.7 Å². The molecule has 0 unspecified atom stereocenters. The lowest BCUT2D eigenvalue weighted by Crippen LogP contribution is -2.13. The third-order valence-electron chi connectivity index (χ3n) is 2.82. The second-order valence-electron chi connectivity index (χ2n) is 4.24. The van der Waals surface area contributed by atoms with Crippen LogP contribution in [0.5, 0.6) is 0 Å². The molecule has 0 aliphatic rings. The molecule has 0 aliphatic carbocycles. The molecule has 1 aromatic carbocycles. The highest BCUT2D eigenvalue weighted by Gasteiger charge is 2.08. The zero-order chi connectivity index (χ0) is 15.4. The lowest BCUT2D eigenvalue weighted by atomic mass is 10.1. The second-order valence-corrected chi connectivity index (χ2v) is 4.24. The molecule has 0 spiro atoms. The molecule has 3 rings (SSSR count). The normalized spacial score (nSPS) is 9.95. The van der Waals surface area contributed by atoms with E-state index in [0.717, 1.165) is 0 Å². The van der Waals surface area contributed by atoms with Crippen LogP contribution in [0.2, 0.25) is 0 Å². The number of rotatable bonds is 3. The van der Waals surface area contributed by atoms with E-state index in [0.29, 0.717) is 22.8 Å². The lowest BCUT2D eigenvalue weighted by Gasteiger charge is -2.05. The molecule has 0 saturated heterocycles. The molecule has 0 atom stereocenters. The van der Waals surface area contributed by atoms with Crippen molar-refractivity contribution in [3.63, 3.8) is 0 Å². The highest BCUT2D eigenvalue weighted by molar-refractivity contribution is 6.03. The molecule has 0 bridgehead atoms. The number of anilines is 1. The first-order valence-electron chi connectivity index (χ1n) is 6.25. The Morgan fingerprint density at radius 1 is 1.18 bits per heavy atom. The zero-order valence-electron chi connectivity index (χ0n) is 11.2.